The van der Waals surface area contributed by atoms with Crippen LogP contribution in [0.15, 0.2) is 0 Å². The first-order chi connectivity index (χ1) is 9.27. The van der Waals surface area contributed by atoms with Crippen molar-refractivity contribution in [1.29, 1.82) is 0 Å². The maximum absolute atomic E-state index is 3.74. The number of likely N-dealkylation sites (N-methyl/N-ethyl adjacent to an activating group) is 1. The van der Waals surface area contributed by atoms with Gasteiger partial charge in [-0.3, -0.25) is 0 Å². The first-order valence-corrected chi connectivity index (χ1v) is 8.67. The SMILES string of the molecule is CNC(CN1CCCC1)C12CC3CC(CC(C3)C1)C2. The summed E-state index contributed by atoms with van der Waals surface area (Å²) in [5, 5.41) is 3.74. The third kappa shape index (κ3) is 2.15. The molecule has 0 aromatic rings. The van der Waals surface area contributed by atoms with Crippen molar-refractivity contribution in [3.63, 3.8) is 0 Å². The van der Waals surface area contributed by atoms with E-state index in [1.807, 2.05) is 0 Å². The molecule has 1 unspecified atom stereocenters. The fourth-order valence-electron chi connectivity index (χ4n) is 6.42. The molecule has 0 amide bonds. The van der Waals surface area contributed by atoms with Gasteiger partial charge in [0.25, 0.3) is 0 Å². The lowest BCUT2D eigenvalue weighted by Gasteiger charge is -2.59. The highest BCUT2D eigenvalue weighted by molar-refractivity contribution is 5.06. The highest BCUT2D eigenvalue weighted by Gasteiger charge is 2.53. The molecule has 5 aliphatic rings. The Kier molecular flexibility index (Phi) is 3.15. The molecule has 4 aliphatic carbocycles. The van der Waals surface area contributed by atoms with Gasteiger partial charge in [0.2, 0.25) is 0 Å². The molecule has 1 aliphatic heterocycles. The zero-order valence-electron chi connectivity index (χ0n) is 12.5. The summed E-state index contributed by atoms with van der Waals surface area (Å²) in [6.45, 7) is 4.03. The second-order valence-corrected chi connectivity index (χ2v) is 8.13. The minimum atomic E-state index is 0.673. The van der Waals surface area contributed by atoms with Crippen molar-refractivity contribution in [2.24, 2.45) is 23.2 Å². The first-order valence-electron chi connectivity index (χ1n) is 8.67. The van der Waals surface area contributed by atoms with Gasteiger partial charge in [0.15, 0.2) is 0 Å². The highest BCUT2D eigenvalue weighted by Crippen LogP contribution is 2.61. The van der Waals surface area contributed by atoms with Gasteiger partial charge in [0.05, 0.1) is 0 Å². The van der Waals surface area contributed by atoms with Gasteiger partial charge in [-0.05, 0) is 94.7 Å². The van der Waals surface area contributed by atoms with Crippen molar-refractivity contribution in [3.8, 4) is 0 Å². The number of rotatable bonds is 4. The largest absolute Gasteiger partial charge is 0.315 e. The Hall–Kier alpha value is -0.0800. The smallest absolute Gasteiger partial charge is 0.0248 e. The molecule has 1 N–H and O–H groups in total. The van der Waals surface area contributed by atoms with Crippen LogP contribution in [0.4, 0.5) is 0 Å². The molecule has 108 valence electrons. The maximum Gasteiger partial charge on any atom is 0.0248 e. The lowest BCUT2D eigenvalue weighted by atomic mass is 9.47. The predicted octanol–water partition coefficient (Wildman–Crippen LogP) is 2.89. The zero-order valence-corrected chi connectivity index (χ0v) is 12.5. The Balaban J connectivity index is 1.51. The molecule has 0 radical (unpaired) electrons. The molecule has 2 heteroatoms. The van der Waals surface area contributed by atoms with E-state index < -0.39 is 0 Å². The van der Waals surface area contributed by atoms with Crippen molar-refractivity contribution in [2.75, 3.05) is 26.7 Å². The predicted molar refractivity (Wildman–Crippen MR) is 79.1 cm³/mol. The number of nitrogens with one attached hydrogen (secondary N) is 1. The second kappa shape index (κ2) is 4.73. The number of hydrogen-bond acceptors (Lipinski definition) is 2. The third-order valence-corrected chi connectivity index (χ3v) is 6.81. The quantitative estimate of drug-likeness (QED) is 0.838. The lowest BCUT2D eigenvalue weighted by molar-refractivity contribution is -0.0767. The average molecular weight is 262 g/mol. The molecule has 5 rings (SSSR count). The van der Waals surface area contributed by atoms with Crippen LogP contribution in [0, 0.1) is 23.2 Å². The van der Waals surface area contributed by atoms with Crippen molar-refractivity contribution >= 4 is 0 Å². The van der Waals surface area contributed by atoms with Gasteiger partial charge in [-0.15, -0.1) is 0 Å². The molecule has 5 fully saturated rings. The van der Waals surface area contributed by atoms with Crippen LogP contribution in [-0.2, 0) is 0 Å². The van der Waals surface area contributed by atoms with Crippen LogP contribution >= 0.6 is 0 Å². The fourth-order valence-corrected chi connectivity index (χ4v) is 6.42. The number of likely N-dealkylation sites (tertiary alicyclic amines) is 1. The van der Waals surface area contributed by atoms with E-state index >= 15 is 0 Å². The summed E-state index contributed by atoms with van der Waals surface area (Å²) in [5.74, 6) is 3.25. The summed E-state index contributed by atoms with van der Waals surface area (Å²) in [6.07, 6.45) is 12.2. The number of hydrogen-bond donors (Lipinski definition) is 1. The van der Waals surface area contributed by atoms with Gasteiger partial charge in [-0.2, -0.15) is 0 Å². The van der Waals surface area contributed by atoms with Crippen LogP contribution < -0.4 is 5.32 Å². The van der Waals surface area contributed by atoms with Gasteiger partial charge in [0.1, 0.15) is 0 Å². The van der Waals surface area contributed by atoms with E-state index in [1.165, 1.54) is 32.5 Å². The molecule has 19 heavy (non-hydrogen) atoms. The zero-order chi connectivity index (χ0) is 12.9. The summed E-state index contributed by atoms with van der Waals surface area (Å²) in [5.41, 5.74) is 0.673. The molecule has 4 saturated carbocycles. The van der Waals surface area contributed by atoms with E-state index in [9.17, 15) is 0 Å². The lowest BCUT2D eigenvalue weighted by Crippen LogP contribution is -2.58. The summed E-state index contributed by atoms with van der Waals surface area (Å²) in [7, 11) is 2.22. The van der Waals surface area contributed by atoms with Crippen LogP contribution in [0.2, 0.25) is 0 Å². The molecule has 4 bridgehead atoms. The summed E-state index contributed by atoms with van der Waals surface area (Å²) in [4.78, 5) is 2.72. The molecule has 0 aromatic carbocycles. The maximum atomic E-state index is 3.74. The summed E-state index contributed by atoms with van der Waals surface area (Å²) < 4.78 is 0. The van der Waals surface area contributed by atoms with Gasteiger partial charge >= 0.3 is 0 Å². The number of nitrogens with zero attached hydrogens (tertiary/aromatic N) is 1. The van der Waals surface area contributed by atoms with Crippen molar-refractivity contribution in [1.82, 2.24) is 10.2 Å². The second-order valence-electron chi connectivity index (χ2n) is 8.13. The Bertz CT molecular complexity index is 297. The monoisotopic (exact) mass is 262 g/mol. The molecule has 0 aromatic heterocycles. The van der Waals surface area contributed by atoms with Crippen molar-refractivity contribution in [3.05, 3.63) is 0 Å². The topological polar surface area (TPSA) is 15.3 Å². The van der Waals surface area contributed by atoms with Crippen molar-refractivity contribution in [2.45, 2.75) is 57.4 Å². The van der Waals surface area contributed by atoms with Crippen LogP contribution in [0.3, 0.4) is 0 Å². The van der Waals surface area contributed by atoms with Gasteiger partial charge < -0.3 is 10.2 Å². The van der Waals surface area contributed by atoms with E-state index in [2.05, 4.69) is 17.3 Å². The van der Waals surface area contributed by atoms with Crippen LogP contribution in [0.5, 0.6) is 0 Å². The Morgan fingerprint density at radius 1 is 1.00 bits per heavy atom. The van der Waals surface area contributed by atoms with E-state index in [4.69, 9.17) is 0 Å². The van der Waals surface area contributed by atoms with Gasteiger partial charge in [-0.25, -0.2) is 0 Å². The van der Waals surface area contributed by atoms with Crippen LogP contribution in [0.1, 0.15) is 51.4 Å². The van der Waals surface area contributed by atoms with Gasteiger partial charge in [-0.1, -0.05) is 0 Å². The van der Waals surface area contributed by atoms with E-state index in [0.717, 1.165) is 23.8 Å². The van der Waals surface area contributed by atoms with E-state index in [-0.39, 0.29) is 0 Å². The van der Waals surface area contributed by atoms with E-state index in [1.54, 1.807) is 38.5 Å². The minimum absolute atomic E-state index is 0.673. The van der Waals surface area contributed by atoms with Crippen LogP contribution in [-0.4, -0.2) is 37.6 Å². The van der Waals surface area contributed by atoms with Gasteiger partial charge in [0, 0.05) is 12.6 Å². The van der Waals surface area contributed by atoms with E-state index in [0.29, 0.717) is 5.41 Å². The molecular weight excluding hydrogens is 232 g/mol. The third-order valence-electron chi connectivity index (χ3n) is 6.81. The first kappa shape index (κ1) is 12.6. The fraction of sp³-hybridized carbons (Fsp3) is 1.00. The molecule has 1 heterocycles. The Morgan fingerprint density at radius 3 is 2.00 bits per heavy atom. The molecule has 1 saturated heterocycles. The molecular formula is C17H30N2. The molecule has 2 nitrogen and oxygen atoms in total. The van der Waals surface area contributed by atoms with Crippen LogP contribution in [0.25, 0.3) is 0 Å². The normalized spacial score (nSPS) is 46.9. The van der Waals surface area contributed by atoms with Crippen molar-refractivity contribution < 1.29 is 0 Å². The summed E-state index contributed by atoms with van der Waals surface area (Å²) in [6, 6.07) is 0.763. The molecule has 1 atom stereocenters. The Labute approximate surface area is 118 Å². The average Bonchev–Trinajstić information content (AvgIpc) is 2.87. The molecule has 0 spiro atoms. The summed E-state index contributed by atoms with van der Waals surface area (Å²) >= 11 is 0. The Morgan fingerprint density at radius 2 is 1.53 bits per heavy atom. The minimum Gasteiger partial charge on any atom is -0.315 e. The highest BCUT2D eigenvalue weighted by atomic mass is 15.2. The standard InChI is InChI=1S/C17H30N2/c1-18-16(12-19-4-2-3-5-19)17-9-13-6-14(10-17)8-15(7-13)11-17/h13-16,18H,2-12H2,1H3.